The Labute approximate surface area is 214 Å². The summed E-state index contributed by atoms with van der Waals surface area (Å²) in [6, 6.07) is 13.1. The zero-order valence-corrected chi connectivity index (χ0v) is 21.5. The molecule has 8 nitrogen and oxygen atoms in total. The third kappa shape index (κ3) is 5.42. The van der Waals surface area contributed by atoms with Gasteiger partial charge in [-0.1, -0.05) is 41.9 Å². The molecule has 11 heteroatoms. The molecule has 1 amide bonds. The third-order valence-electron chi connectivity index (χ3n) is 6.80. The molecule has 1 aliphatic carbocycles. The fraction of sp³-hybridized carbons (Fsp3) is 0.458. The zero-order chi connectivity index (χ0) is 24.5. The molecule has 1 saturated carbocycles. The Morgan fingerprint density at radius 2 is 1.97 bits per heavy atom. The maximum atomic E-state index is 13.0. The van der Waals surface area contributed by atoms with Crippen molar-refractivity contribution < 1.29 is 22.8 Å². The van der Waals surface area contributed by atoms with E-state index in [1.54, 1.807) is 12.1 Å². The maximum absolute atomic E-state index is 13.0. The second kappa shape index (κ2) is 10.2. The van der Waals surface area contributed by atoms with E-state index in [2.05, 4.69) is 10.8 Å². The third-order valence-corrected chi connectivity index (χ3v) is 10.4. The van der Waals surface area contributed by atoms with E-state index in [1.807, 2.05) is 30.3 Å². The molecular weight excluding hydrogens is 510 g/mol. The quantitative estimate of drug-likeness (QED) is 0.560. The second-order valence-electron chi connectivity index (χ2n) is 9.14. The van der Waals surface area contributed by atoms with Crippen LogP contribution < -0.4 is 10.8 Å². The van der Waals surface area contributed by atoms with E-state index in [1.165, 1.54) is 10.4 Å². The van der Waals surface area contributed by atoms with Crippen LogP contribution in [-0.4, -0.2) is 49.5 Å². The number of benzene rings is 1. The summed E-state index contributed by atoms with van der Waals surface area (Å²) in [7, 11) is -3.59. The van der Waals surface area contributed by atoms with Crippen LogP contribution in [0.1, 0.15) is 37.7 Å². The summed E-state index contributed by atoms with van der Waals surface area (Å²) < 4.78 is 34.0. The van der Waals surface area contributed by atoms with Crippen molar-refractivity contribution in [2.24, 2.45) is 0 Å². The SMILES string of the molecule is O=C(NC1CCCC1OCc1ccccc1)C1=CC2(CCN(S(=O)(=O)c3ccc(Cl)s3)CC2)ON1. The molecule has 1 aromatic heterocycles. The van der Waals surface area contributed by atoms with Gasteiger partial charge in [0.15, 0.2) is 0 Å². The number of rotatable bonds is 7. The molecule has 1 aromatic carbocycles. The Morgan fingerprint density at radius 3 is 2.69 bits per heavy atom. The van der Waals surface area contributed by atoms with Crippen molar-refractivity contribution in [3.05, 3.63) is 64.1 Å². The second-order valence-corrected chi connectivity index (χ2v) is 13.0. The number of hydrogen-bond donors (Lipinski definition) is 2. The minimum absolute atomic E-state index is 0.0322. The summed E-state index contributed by atoms with van der Waals surface area (Å²) in [5.74, 6) is -0.231. The highest BCUT2D eigenvalue weighted by molar-refractivity contribution is 7.91. The van der Waals surface area contributed by atoms with Crippen molar-refractivity contribution in [2.45, 2.75) is 60.7 Å². The van der Waals surface area contributed by atoms with Gasteiger partial charge in [-0.3, -0.25) is 15.1 Å². The lowest BCUT2D eigenvalue weighted by molar-refractivity contribution is -0.121. The molecule has 3 aliphatic rings. The fourth-order valence-electron chi connectivity index (χ4n) is 4.82. The molecule has 0 radical (unpaired) electrons. The summed E-state index contributed by atoms with van der Waals surface area (Å²) in [6.45, 7) is 1.11. The first-order valence-corrected chi connectivity index (χ1v) is 14.4. The summed E-state index contributed by atoms with van der Waals surface area (Å²) >= 11 is 6.97. The molecule has 2 fully saturated rings. The predicted octanol–water partition coefficient (Wildman–Crippen LogP) is 3.60. The minimum Gasteiger partial charge on any atom is -0.371 e. The van der Waals surface area contributed by atoms with Crippen molar-refractivity contribution in [1.82, 2.24) is 15.1 Å². The van der Waals surface area contributed by atoms with Crippen molar-refractivity contribution in [3.8, 4) is 0 Å². The van der Waals surface area contributed by atoms with Gasteiger partial charge in [-0.25, -0.2) is 8.42 Å². The predicted molar refractivity (Wildman–Crippen MR) is 133 cm³/mol. The normalized spacial score (nSPS) is 24.3. The molecule has 2 aromatic rings. The van der Waals surface area contributed by atoms with Crippen LogP contribution in [0.15, 0.2) is 58.4 Å². The lowest BCUT2D eigenvalue weighted by atomic mass is 9.92. The molecule has 2 N–H and O–H groups in total. The number of piperidine rings is 1. The number of nitrogens with zero attached hydrogens (tertiary/aromatic N) is 1. The number of hydrogen-bond acceptors (Lipinski definition) is 7. The van der Waals surface area contributed by atoms with E-state index >= 15 is 0 Å². The first-order valence-electron chi connectivity index (χ1n) is 11.7. The summed E-state index contributed by atoms with van der Waals surface area (Å²) in [6.07, 6.45) is 5.42. The number of nitrogens with one attached hydrogen (secondary N) is 2. The largest absolute Gasteiger partial charge is 0.371 e. The van der Waals surface area contributed by atoms with Crippen molar-refractivity contribution in [2.75, 3.05) is 13.1 Å². The summed E-state index contributed by atoms with van der Waals surface area (Å²) in [5, 5.41) is 3.09. The molecule has 1 spiro atoms. The summed E-state index contributed by atoms with van der Waals surface area (Å²) in [5.41, 5.74) is 3.54. The standard InChI is InChI=1S/C24H28ClN3O5S2/c25-21-9-10-22(34-21)35(30,31)28-13-11-24(12-14-28)15-19(27-33-24)23(29)26-18-7-4-8-20(18)32-16-17-5-2-1-3-6-17/h1-3,5-6,9-10,15,18,20,27H,4,7-8,11-14,16H2,(H,26,29). The Morgan fingerprint density at radius 1 is 1.20 bits per heavy atom. The van der Waals surface area contributed by atoms with Crippen LogP contribution >= 0.6 is 22.9 Å². The number of carbonyl (C=O) groups is 1. The number of amides is 1. The van der Waals surface area contributed by atoms with E-state index in [4.69, 9.17) is 21.2 Å². The van der Waals surface area contributed by atoms with E-state index in [-0.39, 0.29) is 22.3 Å². The highest BCUT2D eigenvalue weighted by atomic mass is 35.5. The van der Waals surface area contributed by atoms with Gasteiger partial charge in [0.05, 0.1) is 23.1 Å². The van der Waals surface area contributed by atoms with Gasteiger partial charge in [0.2, 0.25) is 0 Å². The van der Waals surface area contributed by atoms with Gasteiger partial charge in [0.1, 0.15) is 15.5 Å². The van der Waals surface area contributed by atoms with Crippen molar-refractivity contribution in [1.29, 1.82) is 0 Å². The molecule has 2 unspecified atom stereocenters. The molecule has 2 atom stereocenters. The minimum atomic E-state index is -3.59. The van der Waals surface area contributed by atoms with E-state index < -0.39 is 15.6 Å². The van der Waals surface area contributed by atoms with Gasteiger partial charge < -0.3 is 10.1 Å². The van der Waals surface area contributed by atoms with Gasteiger partial charge in [0, 0.05) is 13.1 Å². The van der Waals surface area contributed by atoms with E-state index in [9.17, 15) is 13.2 Å². The number of sulfonamides is 1. The molecule has 3 heterocycles. The molecular formula is C24H28ClN3O5S2. The zero-order valence-electron chi connectivity index (χ0n) is 19.1. The molecule has 0 bridgehead atoms. The lowest BCUT2D eigenvalue weighted by Crippen LogP contribution is -2.46. The van der Waals surface area contributed by atoms with Crippen LogP contribution in [0, 0.1) is 0 Å². The lowest BCUT2D eigenvalue weighted by Gasteiger charge is -2.35. The monoisotopic (exact) mass is 537 g/mol. The Kier molecular flexibility index (Phi) is 7.20. The highest BCUT2D eigenvalue weighted by Gasteiger charge is 2.43. The van der Waals surface area contributed by atoms with Crippen LogP contribution in [0.2, 0.25) is 4.34 Å². The Hall–Kier alpha value is -1.95. The maximum Gasteiger partial charge on any atom is 0.269 e. The average Bonchev–Trinajstić information content (AvgIpc) is 3.60. The fourth-order valence-corrected chi connectivity index (χ4v) is 7.90. The van der Waals surface area contributed by atoms with Crippen LogP contribution in [0.3, 0.4) is 0 Å². The Bertz CT molecular complexity index is 1190. The van der Waals surface area contributed by atoms with Crippen molar-refractivity contribution >= 4 is 38.9 Å². The van der Waals surface area contributed by atoms with Gasteiger partial charge in [-0.05, 0) is 55.9 Å². The topological polar surface area (TPSA) is 97.0 Å². The molecule has 188 valence electrons. The number of hydroxylamine groups is 1. The van der Waals surface area contributed by atoms with Gasteiger partial charge in [-0.2, -0.15) is 4.31 Å². The van der Waals surface area contributed by atoms with Crippen LogP contribution in [0.25, 0.3) is 0 Å². The number of ether oxygens (including phenoxy) is 1. The summed E-state index contributed by atoms with van der Waals surface area (Å²) in [4.78, 5) is 18.8. The van der Waals surface area contributed by atoms with Gasteiger partial charge >= 0.3 is 0 Å². The Balaban J connectivity index is 1.16. The smallest absolute Gasteiger partial charge is 0.269 e. The number of carbonyl (C=O) groups excluding carboxylic acids is 1. The van der Waals surface area contributed by atoms with E-state index in [0.717, 1.165) is 36.2 Å². The van der Waals surface area contributed by atoms with Crippen LogP contribution in [-0.2, 0) is 31.0 Å². The first kappa shape index (κ1) is 24.7. The molecule has 1 saturated heterocycles. The average molecular weight is 538 g/mol. The molecule has 35 heavy (non-hydrogen) atoms. The number of thiophene rings is 1. The van der Waals surface area contributed by atoms with Crippen LogP contribution in [0.4, 0.5) is 0 Å². The van der Waals surface area contributed by atoms with Gasteiger partial charge in [-0.15, -0.1) is 11.3 Å². The van der Waals surface area contributed by atoms with Crippen molar-refractivity contribution in [3.63, 3.8) is 0 Å². The van der Waals surface area contributed by atoms with Crippen LogP contribution in [0.5, 0.6) is 0 Å². The van der Waals surface area contributed by atoms with E-state index in [0.29, 0.717) is 42.6 Å². The van der Waals surface area contributed by atoms with Gasteiger partial charge in [0.25, 0.3) is 15.9 Å². The molecule has 2 aliphatic heterocycles. The molecule has 5 rings (SSSR count). The first-order chi connectivity index (χ1) is 16.8. The highest BCUT2D eigenvalue weighted by Crippen LogP contribution is 2.36. The number of halogens is 1.